The first-order valence-corrected chi connectivity index (χ1v) is 20.5. The number of ether oxygens (including phenoxy) is 2. The highest BCUT2D eigenvalue weighted by atomic mass is 35.5. The predicted octanol–water partition coefficient (Wildman–Crippen LogP) is 15.3. The molecule has 8 rings (SSSR count). The number of fused-ring (bicyclic) bond motifs is 1. The molecular weight excluding hydrogens is 732 g/mol. The van der Waals surface area contributed by atoms with E-state index in [2.05, 4.69) is 204 Å². The third-order valence-corrected chi connectivity index (χ3v) is 11.2. The lowest BCUT2D eigenvalue weighted by atomic mass is 9.86. The largest absolute Gasteiger partial charge is 0.486 e. The molecule has 4 nitrogen and oxygen atoms in total. The van der Waals surface area contributed by atoms with Gasteiger partial charge in [-0.1, -0.05) is 150 Å². The highest BCUT2D eigenvalue weighted by molar-refractivity contribution is 6.37. The van der Waals surface area contributed by atoms with E-state index in [1.165, 1.54) is 11.1 Å². The maximum absolute atomic E-state index is 7.91. The molecular formula is C53H51ClN2O2. The van der Waals surface area contributed by atoms with E-state index in [-0.39, 0.29) is 10.8 Å². The maximum Gasteiger partial charge on any atom is 0.163 e. The van der Waals surface area contributed by atoms with Gasteiger partial charge < -0.3 is 19.3 Å². The van der Waals surface area contributed by atoms with Crippen molar-refractivity contribution in [2.75, 3.05) is 23.0 Å². The van der Waals surface area contributed by atoms with Crippen molar-refractivity contribution >= 4 is 45.7 Å². The van der Waals surface area contributed by atoms with Gasteiger partial charge in [-0.2, -0.15) is 0 Å². The zero-order valence-electron chi connectivity index (χ0n) is 34.5. The lowest BCUT2D eigenvalue weighted by molar-refractivity contribution is 0.172. The predicted molar refractivity (Wildman–Crippen MR) is 245 cm³/mol. The lowest BCUT2D eigenvalue weighted by Crippen LogP contribution is -2.18. The van der Waals surface area contributed by atoms with Crippen LogP contribution in [-0.2, 0) is 10.8 Å². The fourth-order valence-corrected chi connectivity index (χ4v) is 7.94. The van der Waals surface area contributed by atoms with Crippen LogP contribution in [0.25, 0.3) is 22.3 Å². The van der Waals surface area contributed by atoms with Crippen LogP contribution in [-0.4, -0.2) is 13.2 Å². The number of hydrogen-bond acceptors (Lipinski definition) is 4. The number of aryl methyl sites for hydroxylation is 1. The van der Waals surface area contributed by atoms with Gasteiger partial charge in [0.2, 0.25) is 0 Å². The topological polar surface area (TPSA) is 24.9 Å². The van der Waals surface area contributed by atoms with Crippen molar-refractivity contribution < 1.29 is 9.47 Å². The number of hydrogen-bond donors (Lipinski definition) is 0. The van der Waals surface area contributed by atoms with Crippen LogP contribution in [0.5, 0.6) is 11.5 Å². The molecule has 1 aliphatic heterocycles. The Hall–Kier alpha value is -5.97. The first-order chi connectivity index (χ1) is 27.8. The Kier molecular flexibility index (Phi) is 10.6. The molecule has 0 amide bonds. The van der Waals surface area contributed by atoms with E-state index in [0.717, 1.165) is 67.7 Å². The fraction of sp³-hybridized carbons (Fsp3) is 0.208. The Labute approximate surface area is 349 Å². The van der Waals surface area contributed by atoms with Crippen LogP contribution in [0.4, 0.5) is 34.1 Å². The molecule has 0 saturated heterocycles. The summed E-state index contributed by atoms with van der Waals surface area (Å²) >= 11 is 7.91. The van der Waals surface area contributed by atoms with Crippen LogP contribution in [0.15, 0.2) is 158 Å². The van der Waals surface area contributed by atoms with E-state index in [0.29, 0.717) is 24.0 Å². The van der Waals surface area contributed by atoms with E-state index in [1.54, 1.807) is 0 Å². The summed E-state index contributed by atoms with van der Waals surface area (Å²) in [6.07, 6.45) is 0. The van der Waals surface area contributed by atoms with Crippen molar-refractivity contribution in [2.24, 2.45) is 0 Å². The number of benzene rings is 7. The van der Waals surface area contributed by atoms with E-state index in [4.69, 9.17) is 21.1 Å². The molecule has 0 atom stereocenters. The van der Waals surface area contributed by atoms with Crippen LogP contribution in [0.1, 0.15) is 58.2 Å². The second-order valence-corrected chi connectivity index (χ2v) is 17.6. The second kappa shape index (κ2) is 15.8. The molecule has 7 aromatic carbocycles. The number of halogens is 1. The Balaban J connectivity index is 1.37. The van der Waals surface area contributed by atoms with Gasteiger partial charge in [-0.3, -0.25) is 0 Å². The zero-order chi connectivity index (χ0) is 40.6. The van der Waals surface area contributed by atoms with Crippen molar-refractivity contribution in [1.82, 2.24) is 0 Å². The standard InChI is InChI=1S/C53H51ClN2O2/c1-36-32-47(55(42-26-20-40(21-27-42)52(2,3)4)43-28-22-41(23-29-43)53(5,6)7)51(54)48(33-36)56(44-24-18-38(19-25-44)37-14-10-8-11-15-37)46-35-50-49(57-30-31-58-50)34-45(46)39-16-12-9-13-17-39/h8-29,32-35H,30-31H2,1-7H3. The van der Waals surface area contributed by atoms with E-state index in [1.807, 2.05) is 12.1 Å². The van der Waals surface area contributed by atoms with Crippen LogP contribution >= 0.6 is 11.6 Å². The third-order valence-electron chi connectivity index (χ3n) is 10.9. The highest BCUT2D eigenvalue weighted by Gasteiger charge is 2.28. The fourth-order valence-electron chi connectivity index (χ4n) is 7.66. The van der Waals surface area contributed by atoms with Gasteiger partial charge in [-0.25, -0.2) is 0 Å². The molecule has 292 valence electrons. The van der Waals surface area contributed by atoms with Gasteiger partial charge in [0.25, 0.3) is 0 Å². The van der Waals surface area contributed by atoms with E-state index >= 15 is 0 Å². The number of anilines is 6. The van der Waals surface area contributed by atoms with E-state index in [9.17, 15) is 0 Å². The average molecular weight is 783 g/mol. The lowest BCUT2D eigenvalue weighted by Gasteiger charge is -2.33. The summed E-state index contributed by atoms with van der Waals surface area (Å²) in [7, 11) is 0. The summed E-state index contributed by atoms with van der Waals surface area (Å²) in [5.74, 6) is 1.43. The molecule has 1 aliphatic rings. The van der Waals surface area contributed by atoms with Gasteiger partial charge in [0.05, 0.1) is 22.1 Å². The first-order valence-electron chi connectivity index (χ1n) is 20.1. The molecule has 1 heterocycles. The smallest absolute Gasteiger partial charge is 0.163 e. The monoisotopic (exact) mass is 782 g/mol. The molecule has 0 bridgehead atoms. The molecule has 0 unspecified atom stereocenters. The molecule has 58 heavy (non-hydrogen) atoms. The minimum atomic E-state index is 0.0164. The summed E-state index contributed by atoms with van der Waals surface area (Å²) in [6, 6.07) is 56.0. The number of rotatable bonds is 8. The molecule has 0 aromatic heterocycles. The summed E-state index contributed by atoms with van der Waals surface area (Å²) in [4.78, 5) is 4.56. The number of nitrogens with zero attached hydrogens (tertiary/aromatic N) is 2. The Morgan fingerprint density at radius 1 is 0.448 bits per heavy atom. The molecule has 0 spiro atoms. The molecule has 5 heteroatoms. The maximum atomic E-state index is 7.91. The first kappa shape index (κ1) is 38.9. The van der Waals surface area contributed by atoms with Crippen LogP contribution in [0, 0.1) is 6.92 Å². The van der Waals surface area contributed by atoms with Crippen molar-refractivity contribution in [2.45, 2.75) is 59.3 Å². The van der Waals surface area contributed by atoms with Crippen molar-refractivity contribution in [3.05, 3.63) is 179 Å². The summed E-state index contributed by atoms with van der Waals surface area (Å²) < 4.78 is 12.4. The minimum Gasteiger partial charge on any atom is -0.486 e. The molecule has 0 aliphatic carbocycles. The summed E-state index contributed by atoms with van der Waals surface area (Å²) in [5, 5.41) is 0.617. The third kappa shape index (κ3) is 7.95. The SMILES string of the molecule is Cc1cc(N(c2ccc(C(C)(C)C)cc2)c2ccc(C(C)(C)C)cc2)c(Cl)c(N(c2ccc(-c3ccccc3)cc2)c2cc3c(cc2-c2ccccc2)OCCO3)c1. The van der Waals surface area contributed by atoms with Gasteiger partial charge in [-0.05, 0) is 106 Å². The van der Waals surface area contributed by atoms with Gasteiger partial charge in [0.1, 0.15) is 13.2 Å². The molecule has 0 radical (unpaired) electrons. The van der Waals surface area contributed by atoms with Crippen molar-refractivity contribution in [3.8, 4) is 33.8 Å². The quantitative estimate of drug-likeness (QED) is 0.153. The van der Waals surface area contributed by atoms with Crippen LogP contribution in [0.2, 0.25) is 5.02 Å². The summed E-state index contributed by atoms with van der Waals surface area (Å²) in [5.41, 5.74) is 13.7. The van der Waals surface area contributed by atoms with Crippen LogP contribution in [0.3, 0.4) is 0 Å². The molecule has 0 saturated carbocycles. The summed E-state index contributed by atoms with van der Waals surface area (Å²) in [6.45, 7) is 16.6. The van der Waals surface area contributed by atoms with E-state index < -0.39 is 0 Å². The average Bonchev–Trinajstić information content (AvgIpc) is 3.23. The highest BCUT2D eigenvalue weighted by Crippen LogP contribution is 2.52. The molecule has 7 aromatic rings. The van der Waals surface area contributed by atoms with Crippen molar-refractivity contribution in [1.29, 1.82) is 0 Å². The Morgan fingerprint density at radius 2 is 0.862 bits per heavy atom. The van der Waals surface area contributed by atoms with Gasteiger partial charge in [0, 0.05) is 28.7 Å². The van der Waals surface area contributed by atoms with Crippen molar-refractivity contribution in [3.63, 3.8) is 0 Å². The Morgan fingerprint density at radius 3 is 1.36 bits per heavy atom. The normalized spacial score (nSPS) is 12.6. The van der Waals surface area contributed by atoms with Gasteiger partial charge in [0.15, 0.2) is 11.5 Å². The van der Waals surface area contributed by atoms with Gasteiger partial charge in [-0.15, -0.1) is 0 Å². The molecule has 0 N–H and O–H groups in total. The molecule has 0 fully saturated rings. The zero-order valence-corrected chi connectivity index (χ0v) is 35.3. The second-order valence-electron chi connectivity index (χ2n) is 17.2. The van der Waals surface area contributed by atoms with Gasteiger partial charge >= 0.3 is 0 Å². The Bertz CT molecular complexity index is 2460. The van der Waals surface area contributed by atoms with Crippen LogP contribution < -0.4 is 19.3 Å². The minimum absolute atomic E-state index is 0.0164.